The predicted molar refractivity (Wildman–Crippen MR) is 59.9 cm³/mol. The second-order valence-corrected chi connectivity index (χ2v) is 5.41. The molecule has 1 aromatic heterocycles. The first-order valence-electron chi connectivity index (χ1n) is 5.84. The van der Waals surface area contributed by atoms with Crippen LogP contribution in [-0.4, -0.2) is 9.97 Å². The first-order valence-corrected chi connectivity index (χ1v) is 6.22. The summed E-state index contributed by atoms with van der Waals surface area (Å²) in [5, 5.41) is -0.0229. The molecular formula is C12H14ClFN2. The van der Waals surface area contributed by atoms with Crippen molar-refractivity contribution < 1.29 is 4.39 Å². The summed E-state index contributed by atoms with van der Waals surface area (Å²) in [5.41, 5.74) is 0.373. The van der Waals surface area contributed by atoms with Crippen molar-refractivity contribution in [3.8, 4) is 0 Å². The van der Waals surface area contributed by atoms with Gasteiger partial charge in [-0.15, -0.1) is 0 Å². The van der Waals surface area contributed by atoms with Crippen molar-refractivity contribution in [2.75, 3.05) is 0 Å². The van der Waals surface area contributed by atoms with Crippen molar-refractivity contribution in [2.45, 2.75) is 38.5 Å². The number of fused-ring (bicyclic) bond motifs is 2. The molecule has 16 heavy (non-hydrogen) atoms. The van der Waals surface area contributed by atoms with Gasteiger partial charge in [0.2, 0.25) is 0 Å². The van der Waals surface area contributed by atoms with Crippen LogP contribution in [0.3, 0.4) is 0 Å². The molecule has 3 atom stereocenters. The highest BCUT2D eigenvalue weighted by atomic mass is 35.5. The Morgan fingerprint density at radius 3 is 2.62 bits per heavy atom. The topological polar surface area (TPSA) is 25.8 Å². The zero-order valence-corrected chi connectivity index (χ0v) is 9.97. The molecule has 2 aliphatic carbocycles. The van der Waals surface area contributed by atoms with Crippen molar-refractivity contribution in [3.05, 3.63) is 22.5 Å². The molecular weight excluding hydrogens is 227 g/mol. The SMILES string of the molecule is Cc1nc(C2CC3CCC2C3)nc(Cl)c1F. The fraction of sp³-hybridized carbons (Fsp3) is 0.667. The third-order valence-electron chi connectivity index (χ3n) is 4.06. The molecule has 0 radical (unpaired) electrons. The van der Waals surface area contributed by atoms with E-state index in [9.17, 15) is 4.39 Å². The Morgan fingerprint density at radius 1 is 1.25 bits per heavy atom. The van der Waals surface area contributed by atoms with Gasteiger partial charge in [0, 0.05) is 5.92 Å². The lowest BCUT2D eigenvalue weighted by Gasteiger charge is -2.20. The minimum Gasteiger partial charge on any atom is -0.235 e. The van der Waals surface area contributed by atoms with Crippen LogP contribution >= 0.6 is 11.6 Å². The molecule has 1 heterocycles. The summed E-state index contributed by atoms with van der Waals surface area (Å²) in [6.07, 6.45) is 5.07. The molecule has 4 heteroatoms. The Kier molecular flexibility index (Phi) is 2.39. The highest BCUT2D eigenvalue weighted by Crippen LogP contribution is 2.52. The molecule has 1 aromatic rings. The molecule has 0 aromatic carbocycles. The Hall–Kier alpha value is -0.700. The molecule has 0 spiro atoms. The molecule has 2 fully saturated rings. The minimum atomic E-state index is -0.478. The van der Waals surface area contributed by atoms with E-state index in [-0.39, 0.29) is 5.15 Å². The molecule has 2 aliphatic rings. The van der Waals surface area contributed by atoms with E-state index in [0.717, 1.165) is 18.2 Å². The number of hydrogen-bond acceptors (Lipinski definition) is 2. The lowest BCUT2D eigenvalue weighted by atomic mass is 9.88. The van der Waals surface area contributed by atoms with Crippen LogP contribution in [0.15, 0.2) is 0 Å². The van der Waals surface area contributed by atoms with Gasteiger partial charge in [0.1, 0.15) is 5.82 Å². The van der Waals surface area contributed by atoms with Gasteiger partial charge in [-0.2, -0.15) is 0 Å². The van der Waals surface area contributed by atoms with Crippen LogP contribution in [0.1, 0.15) is 43.1 Å². The van der Waals surface area contributed by atoms with Crippen molar-refractivity contribution in [2.24, 2.45) is 11.8 Å². The second kappa shape index (κ2) is 3.66. The van der Waals surface area contributed by atoms with Crippen molar-refractivity contribution in [1.29, 1.82) is 0 Å². The Bertz CT molecular complexity index is 412. The number of halogens is 2. The highest BCUT2D eigenvalue weighted by Gasteiger charge is 2.41. The minimum absolute atomic E-state index is 0.0229. The maximum atomic E-state index is 13.3. The van der Waals surface area contributed by atoms with Crippen LogP contribution in [0, 0.1) is 24.6 Å². The smallest absolute Gasteiger partial charge is 0.181 e. The van der Waals surface area contributed by atoms with E-state index in [4.69, 9.17) is 11.6 Å². The summed E-state index contributed by atoms with van der Waals surface area (Å²) in [6.45, 7) is 1.65. The van der Waals surface area contributed by atoms with Crippen LogP contribution in [-0.2, 0) is 0 Å². The third kappa shape index (κ3) is 1.53. The zero-order chi connectivity index (χ0) is 11.3. The van der Waals surface area contributed by atoms with E-state index in [1.54, 1.807) is 6.92 Å². The van der Waals surface area contributed by atoms with E-state index >= 15 is 0 Å². The molecule has 3 unspecified atom stereocenters. The van der Waals surface area contributed by atoms with Gasteiger partial charge >= 0.3 is 0 Å². The molecule has 0 saturated heterocycles. The van der Waals surface area contributed by atoms with E-state index in [1.165, 1.54) is 19.3 Å². The molecule has 2 nitrogen and oxygen atoms in total. The quantitative estimate of drug-likeness (QED) is 0.703. The summed E-state index contributed by atoms with van der Waals surface area (Å²) in [5.74, 6) is 2.23. The largest absolute Gasteiger partial charge is 0.235 e. The van der Waals surface area contributed by atoms with Crippen molar-refractivity contribution >= 4 is 11.6 Å². The fourth-order valence-corrected chi connectivity index (χ4v) is 3.49. The van der Waals surface area contributed by atoms with Gasteiger partial charge in [-0.25, -0.2) is 14.4 Å². The van der Waals surface area contributed by atoms with Gasteiger partial charge in [-0.3, -0.25) is 0 Å². The number of nitrogens with zero attached hydrogens (tertiary/aromatic N) is 2. The molecule has 0 N–H and O–H groups in total. The standard InChI is InChI=1S/C12H14ClFN2/c1-6-10(14)11(13)16-12(15-6)9-5-7-2-3-8(9)4-7/h7-9H,2-5H2,1H3. The van der Waals surface area contributed by atoms with Crippen LogP contribution in [0.2, 0.25) is 5.15 Å². The number of rotatable bonds is 1. The van der Waals surface area contributed by atoms with Gasteiger partial charge in [0.15, 0.2) is 11.0 Å². The first-order chi connectivity index (χ1) is 7.65. The third-order valence-corrected chi connectivity index (χ3v) is 4.31. The monoisotopic (exact) mass is 240 g/mol. The Balaban J connectivity index is 1.95. The van der Waals surface area contributed by atoms with Gasteiger partial charge in [0.25, 0.3) is 0 Å². The number of aromatic nitrogens is 2. The predicted octanol–water partition coefficient (Wildman–Crippen LogP) is 3.48. The number of hydrogen-bond donors (Lipinski definition) is 0. The van der Waals surface area contributed by atoms with E-state index in [1.807, 2.05) is 0 Å². The van der Waals surface area contributed by atoms with Crippen molar-refractivity contribution in [3.63, 3.8) is 0 Å². The van der Waals surface area contributed by atoms with Gasteiger partial charge in [-0.05, 0) is 38.0 Å². The summed E-state index contributed by atoms with van der Waals surface area (Å²) >= 11 is 5.77. The lowest BCUT2D eigenvalue weighted by molar-refractivity contribution is 0.402. The van der Waals surface area contributed by atoms with Crippen LogP contribution in [0.4, 0.5) is 4.39 Å². The zero-order valence-electron chi connectivity index (χ0n) is 9.21. The summed E-state index contributed by atoms with van der Waals surface area (Å²) < 4.78 is 13.3. The summed E-state index contributed by atoms with van der Waals surface area (Å²) in [6, 6.07) is 0. The van der Waals surface area contributed by atoms with E-state index in [2.05, 4.69) is 9.97 Å². The lowest BCUT2D eigenvalue weighted by Crippen LogP contribution is -2.13. The number of aryl methyl sites for hydroxylation is 1. The first kappa shape index (κ1) is 10.5. The molecule has 2 saturated carbocycles. The summed E-state index contributed by atoms with van der Waals surface area (Å²) in [7, 11) is 0. The van der Waals surface area contributed by atoms with Crippen LogP contribution in [0.5, 0.6) is 0 Å². The van der Waals surface area contributed by atoms with Crippen LogP contribution < -0.4 is 0 Å². The molecule has 0 amide bonds. The molecule has 3 rings (SSSR count). The van der Waals surface area contributed by atoms with E-state index < -0.39 is 5.82 Å². The maximum absolute atomic E-state index is 13.3. The normalized spacial score (nSPS) is 32.3. The summed E-state index contributed by atoms with van der Waals surface area (Å²) in [4.78, 5) is 8.38. The van der Waals surface area contributed by atoms with Gasteiger partial charge in [0.05, 0.1) is 5.69 Å². The average molecular weight is 241 g/mol. The Morgan fingerprint density at radius 2 is 2.06 bits per heavy atom. The maximum Gasteiger partial charge on any atom is 0.181 e. The Labute approximate surface area is 99.2 Å². The van der Waals surface area contributed by atoms with Gasteiger partial charge < -0.3 is 0 Å². The van der Waals surface area contributed by atoms with Crippen LogP contribution in [0.25, 0.3) is 0 Å². The van der Waals surface area contributed by atoms with Crippen molar-refractivity contribution in [1.82, 2.24) is 9.97 Å². The molecule has 2 bridgehead atoms. The second-order valence-electron chi connectivity index (χ2n) is 5.05. The van der Waals surface area contributed by atoms with E-state index in [0.29, 0.717) is 17.5 Å². The van der Waals surface area contributed by atoms with Gasteiger partial charge in [-0.1, -0.05) is 18.0 Å². The molecule has 0 aliphatic heterocycles. The highest BCUT2D eigenvalue weighted by molar-refractivity contribution is 6.29. The average Bonchev–Trinajstić information content (AvgIpc) is 2.86. The fourth-order valence-electron chi connectivity index (χ4n) is 3.27. The molecule has 86 valence electrons.